The topological polar surface area (TPSA) is 150 Å². The zero-order valence-corrected chi connectivity index (χ0v) is 25.1. The van der Waals surface area contributed by atoms with Crippen molar-refractivity contribution in [1.82, 2.24) is 0 Å². The van der Waals surface area contributed by atoms with Crippen LogP contribution in [0.3, 0.4) is 0 Å². The minimum atomic E-state index is -1.08. The molecule has 0 bridgehead atoms. The molecular formula is C29H45NO10. The van der Waals surface area contributed by atoms with Crippen molar-refractivity contribution in [3.05, 3.63) is 23.8 Å². The van der Waals surface area contributed by atoms with Gasteiger partial charge in [-0.2, -0.15) is 0 Å². The predicted molar refractivity (Wildman–Crippen MR) is 147 cm³/mol. The molecule has 40 heavy (non-hydrogen) atoms. The summed E-state index contributed by atoms with van der Waals surface area (Å²) in [6.45, 7) is 16.1. The van der Waals surface area contributed by atoms with E-state index in [0.29, 0.717) is 18.4 Å². The molecule has 226 valence electrons. The predicted octanol–water partition coefficient (Wildman–Crippen LogP) is 5.48. The lowest BCUT2D eigenvalue weighted by molar-refractivity contribution is -0.167. The number of carbonyl (C=O) groups excluding carboxylic acids is 4. The van der Waals surface area contributed by atoms with Crippen LogP contribution in [0.1, 0.15) is 87.1 Å². The molecule has 0 saturated heterocycles. The first-order valence-electron chi connectivity index (χ1n) is 13.6. The summed E-state index contributed by atoms with van der Waals surface area (Å²) in [4.78, 5) is 49.2. The molecule has 0 saturated carbocycles. The van der Waals surface area contributed by atoms with Crippen molar-refractivity contribution >= 4 is 24.2 Å². The van der Waals surface area contributed by atoms with Crippen LogP contribution in [-0.4, -0.2) is 54.7 Å². The van der Waals surface area contributed by atoms with Crippen LogP contribution >= 0.6 is 0 Å². The number of carbonyl (C=O) groups is 4. The van der Waals surface area contributed by atoms with Crippen LogP contribution in [0.2, 0.25) is 0 Å². The molecular weight excluding hydrogens is 522 g/mol. The largest absolute Gasteiger partial charge is 0.514 e. The quantitative estimate of drug-likeness (QED) is 0.183. The van der Waals surface area contributed by atoms with Gasteiger partial charge in [0.05, 0.1) is 6.42 Å². The van der Waals surface area contributed by atoms with Crippen molar-refractivity contribution < 1.29 is 47.6 Å². The fourth-order valence-electron chi connectivity index (χ4n) is 3.05. The second kappa shape index (κ2) is 16.1. The van der Waals surface area contributed by atoms with Gasteiger partial charge in [-0.15, -0.1) is 0 Å². The minimum Gasteiger partial charge on any atom is -0.459 e. The summed E-state index contributed by atoms with van der Waals surface area (Å²) in [5.74, 6) is -1.28. The number of nitrogens with two attached hydrogens (primary N) is 1. The highest BCUT2D eigenvalue weighted by atomic mass is 16.7. The van der Waals surface area contributed by atoms with Crippen LogP contribution in [0.4, 0.5) is 9.59 Å². The number of ether oxygens (including phenoxy) is 6. The van der Waals surface area contributed by atoms with Gasteiger partial charge in [0.1, 0.15) is 30.5 Å². The molecule has 0 fully saturated rings. The summed E-state index contributed by atoms with van der Waals surface area (Å²) in [5.41, 5.74) is 6.35. The van der Waals surface area contributed by atoms with Gasteiger partial charge < -0.3 is 34.2 Å². The Kier molecular flexibility index (Phi) is 13.9. The standard InChI is InChI=1S/C29H45NO10/c1-10-17(3)35-27(33)39-23-13-12-21(15-24(23)40-28(34)36-18(4)11-2)14-22(30)26(32)38-20(6)19(5)37-25(31)16-29(7,8)9/h12-13,15,17-20,22H,10-11,14,16,30H2,1-9H3/t17-,18?,19?,20?,22-/m0/s1. The van der Waals surface area contributed by atoms with Gasteiger partial charge in [-0.05, 0) is 70.1 Å². The molecule has 11 nitrogen and oxygen atoms in total. The Labute approximate surface area is 236 Å². The van der Waals surface area contributed by atoms with E-state index in [1.54, 1.807) is 33.8 Å². The zero-order chi connectivity index (χ0) is 30.6. The van der Waals surface area contributed by atoms with Crippen LogP contribution < -0.4 is 15.2 Å². The third-order valence-corrected chi connectivity index (χ3v) is 5.85. The van der Waals surface area contributed by atoms with Crippen molar-refractivity contribution in [2.75, 3.05) is 0 Å². The van der Waals surface area contributed by atoms with E-state index in [0.717, 1.165) is 0 Å². The first-order chi connectivity index (χ1) is 18.5. The number of hydrogen-bond donors (Lipinski definition) is 1. The van der Waals surface area contributed by atoms with E-state index in [-0.39, 0.29) is 41.8 Å². The molecule has 1 aromatic carbocycles. The summed E-state index contributed by atoms with van der Waals surface area (Å²) in [5, 5.41) is 0. The maximum Gasteiger partial charge on any atom is 0.514 e. The SMILES string of the molecule is CCC(C)OC(=O)Oc1cc(C[C@H](N)C(=O)OC(C)C(C)OC(=O)CC(C)(C)C)ccc1OC(=O)O[C@@H](C)CC. The van der Waals surface area contributed by atoms with Crippen molar-refractivity contribution in [3.63, 3.8) is 0 Å². The summed E-state index contributed by atoms with van der Waals surface area (Å²) in [7, 11) is 0. The van der Waals surface area contributed by atoms with E-state index in [9.17, 15) is 19.2 Å². The highest BCUT2D eigenvalue weighted by Gasteiger charge is 2.26. The minimum absolute atomic E-state index is 0.0120. The van der Waals surface area contributed by atoms with Crippen molar-refractivity contribution in [2.24, 2.45) is 11.1 Å². The fraction of sp³-hybridized carbons (Fsp3) is 0.655. The maximum atomic E-state index is 12.7. The Morgan fingerprint density at radius 3 is 1.77 bits per heavy atom. The summed E-state index contributed by atoms with van der Waals surface area (Å²) >= 11 is 0. The molecule has 5 atom stereocenters. The molecule has 0 aliphatic carbocycles. The van der Waals surface area contributed by atoms with E-state index in [1.165, 1.54) is 12.1 Å². The number of benzene rings is 1. The average molecular weight is 568 g/mol. The van der Waals surface area contributed by atoms with E-state index in [4.69, 9.17) is 34.2 Å². The molecule has 2 N–H and O–H groups in total. The first kappa shape index (κ1) is 34.7. The van der Waals surface area contributed by atoms with Gasteiger partial charge in [-0.3, -0.25) is 9.59 Å². The van der Waals surface area contributed by atoms with Gasteiger partial charge in [0.15, 0.2) is 11.5 Å². The van der Waals surface area contributed by atoms with Gasteiger partial charge >= 0.3 is 24.2 Å². The van der Waals surface area contributed by atoms with E-state index >= 15 is 0 Å². The van der Waals surface area contributed by atoms with Gasteiger partial charge in [-0.25, -0.2) is 9.59 Å². The van der Waals surface area contributed by atoms with Crippen LogP contribution in [0, 0.1) is 5.41 Å². The van der Waals surface area contributed by atoms with Crippen LogP contribution in [0.25, 0.3) is 0 Å². The molecule has 0 spiro atoms. The third-order valence-electron chi connectivity index (χ3n) is 5.85. The number of hydrogen-bond acceptors (Lipinski definition) is 11. The van der Waals surface area contributed by atoms with Crippen LogP contribution in [0.5, 0.6) is 11.5 Å². The Morgan fingerprint density at radius 2 is 1.27 bits per heavy atom. The Morgan fingerprint density at radius 1 is 0.775 bits per heavy atom. The van der Waals surface area contributed by atoms with Crippen molar-refractivity contribution in [2.45, 2.75) is 118 Å². The second-order valence-electron chi connectivity index (χ2n) is 11.0. The highest BCUT2D eigenvalue weighted by molar-refractivity contribution is 5.76. The Bertz CT molecular complexity index is 1000. The van der Waals surface area contributed by atoms with Gasteiger partial charge in [-0.1, -0.05) is 40.7 Å². The molecule has 3 unspecified atom stereocenters. The smallest absolute Gasteiger partial charge is 0.459 e. The lowest BCUT2D eigenvalue weighted by Gasteiger charge is -2.24. The second-order valence-corrected chi connectivity index (χ2v) is 11.0. The van der Waals surface area contributed by atoms with Crippen LogP contribution in [0.15, 0.2) is 18.2 Å². The Balaban J connectivity index is 2.95. The molecule has 1 rings (SSSR count). The first-order valence-corrected chi connectivity index (χ1v) is 13.6. The summed E-state index contributed by atoms with van der Waals surface area (Å²) < 4.78 is 31.6. The average Bonchev–Trinajstić information content (AvgIpc) is 2.83. The zero-order valence-electron chi connectivity index (χ0n) is 25.1. The van der Waals surface area contributed by atoms with Gasteiger partial charge in [0, 0.05) is 0 Å². The monoisotopic (exact) mass is 567 g/mol. The van der Waals surface area contributed by atoms with E-state index in [1.807, 2.05) is 34.6 Å². The summed E-state index contributed by atoms with van der Waals surface area (Å²) in [6, 6.07) is 3.29. The molecule has 0 radical (unpaired) electrons. The van der Waals surface area contributed by atoms with E-state index in [2.05, 4.69) is 0 Å². The van der Waals surface area contributed by atoms with Gasteiger partial charge in [0.25, 0.3) is 0 Å². The molecule has 0 aliphatic rings. The fourth-order valence-corrected chi connectivity index (χ4v) is 3.05. The molecule has 0 heterocycles. The van der Waals surface area contributed by atoms with Crippen molar-refractivity contribution in [3.8, 4) is 11.5 Å². The number of esters is 2. The lowest BCUT2D eigenvalue weighted by atomic mass is 9.92. The lowest BCUT2D eigenvalue weighted by Crippen LogP contribution is -2.39. The maximum absolute atomic E-state index is 12.7. The van der Waals surface area contributed by atoms with Crippen LogP contribution in [-0.2, 0) is 35.0 Å². The highest BCUT2D eigenvalue weighted by Crippen LogP contribution is 2.30. The molecule has 1 aromatic rings. The molecule has 0 aliphatic heterocycles. The van der Waals surface area contributed by atoms with E-state index < -0.39 is 42.6 Å². The Hall–Kier alpha value is -3.34. The number of rotatable bonds is 13. The molecule has 0 amide bonds. The van der Waals surface area contributed by atoms with Gasteiger partial charge in [0.2, 0.25) is 0 Å². The molecule has 11 heteroatoms. The summed E-state index contributed by atoms with van der Waals surface area (Å²) in [6.07, 6.45) is -2.73. The van der Waals surface area contributed by atoms with Crippen molar-refractivity contribution in [1.29, 1.82) is 0 Å². The normalized spacial score (nSPS) is 15.1. The molecule has 0 aromatic heterocycles. The third kappa shape index (κ3) is 13.1.